The van der Waals surface area contributed by atoms with Crippen LogP contribution in [0.5, 0.6) is 5.75 Å². The fraction of sp³-hybridized carbons (Fsp3) is 0.588. The number of ether oxygens (including phenoxy) is 1. The van der Waals surface area contributed by atoms with Crippen molar-refractivity contribution in [2.45, 2.75) is 26.2 Å². The highest BCUT2D eigenvalue weighted by molar-refractivity contribution is 7.89. The predicted molar refractivity (Wildman–Crippen MR) is 93.7 cm³/mol. The van der Waals surface area contributed by atoms with Crippen molar-refractivity contribution in [2.75, 3.05) is 39.0 Å². The van der Waals surface area contributed by atoms with Crippen LogP contribution in [0, 0.1) is 5.82 Å². The van der Waals surface area contributed by atoms with Gasteiger partial charge in [-0.3, -0.25) is 4.79 Å². The van der Waals surface area contributed by atoms with Gasteiger partial charge in [-0.15, -0.1) is 0 Å². The first-order valence-corrected chi connectivity index (χ1v) is 10.1. The van der Waals surface area contributed by atoms with E-state index in [2.05, 4.69) is 0 Å². The van der Waals surface area contributed by atoms with Crippen LogP contribution < -0.4 is 4.74 Å². The van der Waals surface area contributed by atoms with Gasteiger partial charge in [0.25, 0.3) is 5.91 Å². The highest BCUT2D eigenvalue weighted by Gasteiger charge is 2.27. The number of amides is 1. The number of sulfonamides is 1. The smallest absolute Gasteiger partial charge is 0.254 e. The standard InChI is InChI=1S/C17H25FN2O4S/c1-3-4-12-25(22,23)20-9-5-8-19(10-11-20)17(21)14-6-7-16(24-2)15(18)13-14/h6-7,13H,3-5,8-12H2,1-2H3. The van der Waals surface area contributed by atoms with E-state index in [9.17, 15) is 17.6 Å². The van der Waals surface area contributed by atoms with Crippen molar-refractivity contribution in [3.63, 3.8) is 0 Å². The third-order valence-corrected chi connectivity index (χ3v) is 6.25. The minimum absolute atomic E-state index is 0.0839. The van der Waals surface area contributed by atoms with Crippen molar-refractivity contribution >= 4 is 15.9 Å². The summed E-state index contributed by atoms with van der Waals surface area (Å²) in [5.74, 6) is -0.664. The third-order valence-electron chi connectivity index (χ3n) is 4.29. The van der Waals surface area contributed by atoms with E-state index in [0.717, 1.165) is 12.5 Å². The zero-order valence-corrected chi connectivity index (χ0v) is 15.5. The minimum atomic E-state index is -3.28. The van der Waals surface area contributed by atoms with E-state index >= 15 is 0 Å². The molecule has 0 unspecified atom stereocenters. The van der Waals surface area contributed by atoms with E-state index in [-0.39, 0.29) is 29.5 Å². The number of hydrogen-bond donors (Lipinski definition) is 0. The molecule has 6 nitrogen and oxygen atoms in total. The van der Waals surface area contributed by atoms with Crippen LogP contribution in [-0.2, 0) is 10.0 Å². The van der Waals surface area contributed by atoms with Crippen molar-refractivity contribution in [1.29, 1.82) is 0 Å². The lowest BCUT2D eigenvalue weighted by Crippen LogP contribution is -2.38. The molecule has 1 amide bonds. The van der Waals surface area contributed by atoms with Gasteiger partial charge in [-0.05, 0) is 31.0 Å². The zero-order chi connectivity index (χ0) is 18.4. The van der Waals surface area contributed by atoms with Crippen LogP contribution in [0.3, 0.4) is 0 Å². The summed E-state index contributed by atoms with van der Waals surface area (Å²) in [7, 11) is -1.92. The first-order valence-electron chi connectivity index (χ1n) is 8.49. The van der Waals surface area contributed by atoms with Gasteiger partial charge in [-0.25, -0.2) is 17.1 Å². The summed E-state index contributed by atoms with van der Waals surface area (Å²) in [6, 6.07) is 4.09. The first-order chi connectivity index (χ1) is 11.9. The Morgan fingerprint density at radius 1 is 1.24 bits per heavy atom. The summed E-state index contributed by atoms with van der Waals surface area (Å²) >= 11 is 0. The molecule has 140 valence electrons. The molecular formula is C17H25FN2O4S. The molecule has 1 aliphatic heterocycles. The van der Waals surface area contributed by atoms with Crippen LogP contribution >= 0.6 is 0 Å². The number of benzene rings is 1. The Morgan fingerprint density at radius 3 is 2.64 bits per heavy atom. The monoisotopic (exact) mass is 372 g/mol. The lowest BCUT2D eigenvalue weighted by Gasteiger charge is -2.22. The van der Waals surface area contributed by atoms with Crippen molar-refractivity contribution in [2.24, 2.45) is 0 Å². The van der Waals surface area contributed by atoms with Crippen molar-refractivity contribution in [3.8, 4) is 5.75 Å². The van der Waals surface area contributed by atoms with E-state index in [1.54, 1.807) is 4.90 Å². The molecule has 1 aromatic carbocycles. The summed E-state index contributed by atoms with van der Waals surface area (Å²) in [5, 5.41) is 0. The molecule has 0 aliphatic carbocycles. The summed E-state index contributed by atoms with van der Waals surface area (Å²) in [4.78, 5) is 14.2. The summed E-state index contributed by atoms with van der Waals surface area (Å²) < 4.78 is 44.8. The summed E-state index contributed by atoms with van der Waals surface area (Å²) in [6.45, 7) is 3.39. The molecule has 0 atom stereocenters. The maximum Gasteiger partial charge on any atom is 0.254 e. The number of nitrogens with zero attached hydrogens (tertiary/aromatic N) is 2. The third kappa shape index (κ3) is 4.92. The molecule has 1 fully saturated rings. The van der Waals surface area contributed by atoms with Gasteiger partial charge in [0.2, 0.25) is 10.0 Å². The molecule has 1 saturated heterocycles. The van der Waals surface area contributed by atoms with Gasteiger partial charge in [0, 0.05) is 31.7 Å². The van der Waals surface area contributed by atoms with Gasteiger partial charge in [0.15, 0.2) is 11.6 Å². The maximum atomic E-state index is 13.8. The first kappa shape index (κ1) is 19.7. The second kappa shape index (κ2) is 8.62. The Kier molecular flexibility index (Phi) is 6.78. The van der Waals surface area contributed by atoms with Gasteiger partial charge < -0.3 is 9.64 Å². The number of unbranched alkanes of at least 4 members (excludes halogenated alkanes) is 1. The largest absolute Gasteiger partial charge is 0.494 e. The Bertz CT molecular complexity index is 709. The molecular weight excluding hydrogens is 347 g/mol. The molecule has 0 N–H and O–H groups in total. The van der Waals surface area contributed by atoms with Gasteiger partial charge in [0.1, 0.15) is 0 Å². The Hall–Kier alpha value is -1.67. The normalized spacial score (nSPS) is 16.5. The molecule has 1 heterocycles. The quantitative estimate of drug-likeness (QED) is 0.767. The lowest BCUT2D eigenvalue weighted by atomic mass is 10.1. The Labute approximate surface area is 148 Å². The van der Waals surface area contributed by atoms with Crippen LogP contribution in [0.25, 0.3) is 0 Å². The second-order valence-electron chi connectivity index (χ2n) is 6.06. The Morgan fingerprint density at radius 2 is 2.00 bits per heavy atom. The molecule has 0 spiro atoms. The predicted octanol–water partition coefficient (Wildman–Crippen LogP) is 2.11. The topological polar surface area (TPSA) is 66.9 Å². The highest BCUT2D eigenvalue weighted by Crippen LogP contribution is 2.19. The molecule has 0 bridgehead atoms. The zero-order valence-electron chi connectivity index (χ0n) is 14.7. The van der Waals surface area contributed by atoms with E-state index in [1.165, 1.54) is 23.5 Å². The van der Waals surface area contributed by atoms with E-state index < -0.39 is 15.8 Å². The van der Waals surface area contributed by atoms with Crippen LogP contribution in [0.2, 0.25) is 0 Å². The Balaban J connectivity index is 2.05. The molecule has 0 radical (unpaired) electrons. The number of rotatable bonds is 6. The van der Waals surface area contributed by atoms with Gasteiger partial charge in [0.05, 0.1) is 12.9 Å². The maximum absolute atomic E-state index is 13.8. The summed E-state index contributed by atoms with van der Waals surface area (Å²) in [5.41, 5.74) is 0.237. The number of halogens is 1. The van der Waals surface area contributed by atoms with Gasteiger partial charge in [-0.2, -0.15) is 0 Å². The van der Waals surface area contributed by atoms with Crippen molar-refractivity contribution < 1.29 is 22.3 Å². The SMILES string of the molecule is CCCCS(=O)(=O)N1CCCN(C(=O)c2ccc(OC)c(F)c2)CC1. The fourth-order valence-electron chi connectivity index (χ4n) is 2.81. The van der Waals surface area contributed by atoms with Crippen molar-refractivity contribution in [3.05, 3.63) is 29.6 Å². The molecule has 0 aromatic heterocycles. The average molecular weight is 372 g/mol. The molecule has 0 saturated carbocycles. The molecule has 8 heteroatoms. The number of carbonyl (C=O) groups excluding carboxylic acids is 1. The van der Waals surface area contributed by atoms with Crippen LogP contribution in [0.1, 0.15) is 36.5 Å². The number of carbonyl (C=O) groups is 1. The average Bonchev–Trinajstić information content (AvgIpc) is 2.86. The second-order valence-corrected chi connectivity index (χ2v) is 8.15. The number of methoxy groups -OCH3 is 1. The lowest BCUT2D eigenvalue weighted by molar-refractivity contribution is 0.0763. The van der Waals surface area contributed by atoms with Crippen LogP contribution in [0.15, 0.2) is 18.2 Å². The van der Waals surface area contributed by atoms with E-state index in [1.807, 2.05) is 6.92 Å². The van der Waals surface area contributed by atoms with Crippen LogP contribution in [-0.4, -0.2) is 62.6 Å². The van der Waals surface area contributed by atoms with Crippen LogP contribution in [0.4, 0.5) is 4.39 Å². The fourth-order valence-corrected chi connectivity index (χ4v) is 4.49. The summed E-state index contributed by atoms with van der Waals surface area (Å²) in [6.07, 6.45) is 2.02. The van der Waals surface area contributed by atoms with Gasteiger partial charge in [-0.1, -0.05) is 13.3 Å². The van der Waals surface area contributed by atoms with E-state index in [0.29, 0.717) is 32.5 Å². The number of hydrogen-bond acceptors (Lipinski definition) is 4. The molecule has 1 aromatic rings. The molecule has 25 heavy (non-hydrogen) atoms. The molecule has 1 aliphatic rings. The molecule has 2 rings (SSSR count). The minimum Gasteiger partial charge on any atom is -0.494 e. The van der Waals surface area contributed by atoms with Crippen molar-refractivity contribution in [1.82, 2.24) is 9.21 Å². The van der Waals surface area contributed by atoms with E-state index in [4.69, 9.17) is 4.74 Å². The highest BCUT2D eigenvalue weighted by atomic mass is 32.2. The van der Waals surface area contributed by atoms with Gasteiger partial charge >= 0.3 is 0 Å².